The Kier molecular flexibility index (Phi) is 7.91. The van der Waals surface area contributed by atoms with Crippen molar-refractivity contribution in [3.63, 3.8) is 0 Å². The van der Waals surface area contributed by atoms with E-state index in [0.29, 0.717) is 6.42 Å². The number of hydrogen-bond acceptors (Lipinski definition) is 4. The number of unbranched alkanes of at least 4 members (excludes halogenated alkanes) is 4. The van der Waals surface area contributed by atoms with Crippen molar-refractivity contribution in [1.82, 2.24) is 0 Å². The van der Waals surface area contributed by atoms with E-state index in [2.05, 4.69) is 11.7 Å². The molecule has 4 heteroatoms. The lowest BCUT2D eigenvalue weighted by Crippen LogP contribution is -2.30. The minimum Gasteiger partial charge on any atom is -0.392 e. The Hall–Kier alpha value is -0.900. The Morgan fingerprint density at radius 2 is 1.80 bits per heavy atom. The summed E-state index contributed by atoms with van der Waals surface area (Å²) in [4.78, 5) is 22.0. The van der Waals surface area contributed by atoms with Crippen LogP contribution in [-0.2, 0) is 14.3 Å². The van der Waals surface area contributed by atoms with Gasteiger partial charge in [0.15, 0.2) is 0 Å². The highest BCUT2D eigenvalue weighted by atomic mass is 16.6. The van der Waals surface area contributed by atoms with Crippen molar-refractivity contribution in [2.75, 3.05) is 0 Å². The van der Waals surface area contributed by atoms with Crippen LogP contribution in [0.3, 0.4) is 0 Å². The van der Waals surface area contributed by atoms with E-state index in [0.717, 1.165) is 19.3 Å². The predicted octanol–water partition coefficient (Wildman–Crippen LogP) is 1.76. The van der Waals surface area contributed by atoms with E-state index in [1.54, 1.807) is 0 Å². The van der Waals surface area contributed by atoms with Crippen molar-refractivity contribution in [3.8, 4) is 0 Å². The molecule has 4 nitrogen and oxygen atoms in total. The lowest BCUT2D eigenvalue weighted by atomic mass is 10.1. The zero-order valence-electron chi connectivity index (χ0n) is 9.62. The molecule has 0 unspecified atom stereocenters. The van der Waals surface area contributed by atoms with Crippen LogP contribution in [0.25, 0.3) is 0 Å². The Bertz CT molecular complexity index is 202. The smallest absolute Gasteiger partial charge is 0.330 e. The Morgan fingerprint density at radius 1 is 1.20 bits per heavy atom. The van der Waals surface area contributed by atoms with Gasteiger partial charge in [-0.1, -0.05) is 32.6 Å². The number of esters is 2. The maximum atomic E-state index is 11.1. The van der Waals surface area contributed by atoms with Crippen LogP contribution >= 0.6 is 0 Å². The second kappa shape index (κ2) is 8.41. The van der Waals surface area contributed by atoms with Crippen molar-refractivity contribution in [3.05, 3.63) is 0 Å². The van der Waals surface area contributed by atoms with Gasteiger partial charge in [0, 0.05) is 6.42 Å². The summed E-state index contributed by atoms with van der Waals surface area (Å²) in [6, 6.07) is -0.728. The van der Waals surface area contributed by atoms with Gasteiger partial charge in [0.2, 0.25) is 0 Å². The van der Waals surface area contributed by atoms with Gasteiger partial charge in [-0.15, -0.1) is 0 Å². The van der Waals surface area contributed by atoms with Gasteiger partial charge in [0.25, 0.3) is 0 Å². The summed E-state index contributed by atoms with van der Waals surface area (Å²) in [5, 5.41) is 0. The third-order valence-electron chi connectivity index (χ3n) is 2.07. The van der Waals surface area contributed by atoms with Crippen molar-refractivity contribution in [2.45, 2.75) is 58.4 Å². The minimum absolute atomic E-state index is 0.308. The molecule has 0 aromatic heterocycles. The van der Waals surface area contributed by atoms with Crippen molar-refractivity contribution >= 4 is 11.9 Å². The molecule has 88 valence electrons. The molecule has 15 heavy (non-hydrogen) atoms. The standard InChI is InChI=1S/C11H21NO3/c1-3-4-5-6-7-8-10(13)15-11(14)9(2)12/h9H,3-8,12H2,1-2H3/t9-/m0/s1. The van der Waals surface area contributed by atoms with Gasteiger partial charge >= 0.3 is 11.9 Å². The molecule has 0 aliphatic rings. The van der Waals surface area contributed by atoms with Gasteiger partial charge in [0.1, 0.15) is 6.04 Å². The number of carbonyl (C=O) groups excluding carboxylic acids is 2. The summed E-state index contributed by atoms with van der Waals surface area (Å²) in [6.45, 7) is 3.63. The summed E-state index contributed by atoms with van der Waals surface area (Å²) in [5.74, 6) is -1.11. The largest absolute Gasteiger partial charge is 0.392 e. The summed E-state index contributed by atoms with van der Waals surface area (Å²) in [6.07, 6.45) is 5.59. The number of ether oxygens (including phenoxy) is 1. The van der Waals surface area contributed by atoms with Gasteiger partial charge < -0.3 is 10.5 Å². The molecule has 0 aromatic rings. The van der Waals surface area contributed by atoms with E-state index in [1.807, 2.05) is 0 Å². The number of nitrogens with two attached hydrogens (primary N) is 1. The summed E-state index contributed by atoms with van der Waals surface area (Å²) in [5.41, 5.74) is 5.25. The van der Waals surface area contributed by atoms with Crippen LogP contribution in [0.1, 0.15) is 52.4 Å². The number of hydrogen-bond donors (Lipinski definition) is 1. The van der Waals surface area contributed by atoms with Crippen LogP contribution in [0.15, 0.2) is 0 Å². The molecule has 0 amide bonds. The maximum absolute atomic E-state index is 11.1. The van der Waals surface area contributed by atoms with Crippen LogP contribution in [0.4, 0.5) is 0 Å². The van der Waals surface area contributed by atoms with Gasteiger partial charge in [0.05, 0.1) is 0 Å². The van der Waals surface area contributed by atoms with Crippen LogP contribution < -0.4 is 5.73 Å². The zero-order valence-corrected chi connectivity index (χ0v) is 9.62. The predicted molar refractivity (Wildman–Crippen MR) is 58.1 cm³/mol. The van der Waals surface area contributed by atoms with Gasteiger partial charge in [-0.25, -0.2) is 4.79 Å². The van der Waals surface area contributed by atoms with Crippen molar-refractivity contribution < 1.29 is 14.3 Å². The maximum Gasteiger partial charge on any atom is 0.330 e. The molecule has 0 bridgehead atoms. The molecule has 0 aliphatic carbocycles. The van der Waals surface area contributed by atoms with Crippen LogP contribution in [0, 0.1) is 0 Å². The molecular weight excluding hydrogens is 194 g/mol. The summed E-state index contributed by atoms with van der Waals surface area (Å²) < 4.78 is 4.52. The van der Waals surface area contributed by atoms with Gasteiger partial charge in [-0.3, -0.25) is 4.79 Å². The third-order valence-corrected chi connectivity index (χ3v) is 2.07. The van der Waals surface area contributed by atoms with E-state index in [9.17, 15) is 9.59 Å². The number of carbonyl (C=O) groups is 2. The molecule has 0 saturated carbocycles. The van der Waals surface area contributed by atoms with Crippen molar-refractivity contribution in [1.29, 1.82) is 0 Å². The lowest BCUT2D eigenvalue weighted by molar-refractivity contribution is -0.160. The third kappa shape index (κ3) is 8.12. The molecule has 0 rings (SSSR count). The Morgan fingerprint density at radius 3 is 2.33 bits per heavy atom. The molecule has 0 saturated heterocycles. The van der Waals surface area contributed by atoms with Crippen LogP contribution in [-0.4, -0.2) is 18.0 Å². The molecule has 0 aliphatic heterocycles. The first-order chi connectivity index (χ1) is 7.07. The first-order valence-corrected chi connectivity index (χ1v) is 5.58. The van der Waals surface area contributed by atoms with E-state index < -0.39 is 18.0 Å². The normalized spacial score (nSPS) is 12.2. The lowest BCUT2D eigenvalue weighted by Gasteiger charge is -2.04. The molecule has 0 heterocycles. The highest BCUT2D eigenvalue weighted by Crippen LogP contribution is 2.05. The fraction of sp³-hybridized carbons (Fsp3) is 0.818. The zero-order chi connectivity index (χ0) is 11.7. The highest BCUT2D eigenvalue weighted by molar-refractivity contribution is 5.87. The fourth-order valence-electron chi connectivity index (χ4n) is 1.13. The average molecular weight is 215 g/mol. The first-order valence-electron chi connectivity index (χ1n) is 5.58. The quantitative estimate of drug-likeness (QED) is 0.399. The Labute approximate surface area is 91.2 Å². The van der Waals surface area contributed by atoms with E-state index in [1.165, 1.54) is 19.8 Å². The van der Waals surface area contributed by atoms with E-state index in [4.69, 9.17) is 5.73 Å². The average Bonchev–Trinajstić information content (AvgIpc) is 2.17. The molecule has 0 spiro atoms. The monoisotopic (exact) mass is 215 g/mol. The number of rotatable bonds is 7. The SMILES string of the molecule is CCCCCCCC(=O)OC(=O)[C@H](C)N. The molecular formula is C11H21NO3. The molecule has 0 aromatic carbocycles. The van der Waals surface area contributed by atoms with Crippen LogP contribution in [0.5, 0.6) is 0 Å². The fourth-order valence-corrected chi connectivity index (χ4v) is 1.13. The molecule has 0 fully saturated rings. The molecule has 2 N–H and O–H groups in total. The van der Waals surface area contributed by atoms with Crippen LogP contribution in [0.2, 0.25) is 0 Å². The van der Waals surface area contributed by atoms with Crippen molar-refractivity contribution in [2.24, 2.45) is 5.73 Å². The first kappa shape index (κ1) is 14.1. The van der Waals surface area contributed by atoms with E-state index >= 15 is 0 Å². The van der Waals surface area contributed by atoms with Gasteiger partial charge in [-0.05, 0) is 13.3 Å². The minimum atomic E-state index is -0.728. The second-order valence-corrected chi connectivity index (χ2v) is 3.75. The Balaban J connectivity index is 3.45. The highest BCUT2D eigenvalue weighted by Gasteiger charge is 2.13. The summed E-state index contributed by atoms with van der Waals surface area (Å²) >= 11 is 0. The van der Waals surface area contributed by atoms with E-state index in [-0.39, 0.29) is 0 Å². The summed E-state index contributed by atoms with van der Waals surface area (Å²) in [7, 11) is 0. The molecule has 0 radical (unpaired) electrons. The molecule has 1 atom stereocenters. The second-order valence-electron chi connectivity index (χ2n) is 3.75. The van der Waals surface area contributed by atoms with Gasteiger partial charge in [-0.2, -0.15) is 0 Å². The topological polar surface area (TPSA) is 69.4 Å².